The first-order valence-electron chi connectivity index (χ1n) is 8.30. The molecule has 24 heavy (non-hydrogen) atoms. The molecule has 1 aliphatic carbocycles. The summed E-state index contributed by atoms with van der Waals surface area (Å²) in [5, 5.41) is 7.66. The fraction of sp³-hybridized carbons (Fsp3) is 0.444. The van der Waals surface area contributed by atoms with Gasteiger partial charge >= 0.3 is 0 Å². The third-order valence-corrected chi connectivity index (χ3v) is 4.90. The average Bonchev–Trinajstić information content (AvgIpc) is 2.94. The first-order valence-corrected chi connectivity index (χ1v) is 9.10. The lowest BCUT2D eigenvalue weighted by atomic mass is 9.95. The van der Waals surface area contributed by atoms with Crippen LogP contribution in [0.1, 0.15) is 48.4 Å². The number of aromatic nitrogens is 2. The van der Waals surface area contributed by atoms with Crippen LogP contribution < -0.4 is 11.1 Å². The van der Waals surface area contributed by atoms with E-state index in [0.29, 0.717) is 12.2 Å². The Labute approximate surface area is 150 Å². The van der Waals surface area contributed by atoms with Gasteiger partial charge in [0.05, 0.1) is 5.69 Å². The Balaban J connectivity index is 2.04. The standard InChI is InChI=1S/C18H23BrN4O/c1-18(2,11-20)21-17(24)16-14-8-3-4-9-15(14)23(22-16)13-7-5-6-12(19)10-13/h5-7,10H,3-4,8-9,11,20H2,1-2H3,(H,21,24). The second kappa shape index (κ2) is 6.69. The van der Waals surface area contributed by atoms with E-state index in [1.807, 2.05) is 42.8 Å². The minimum absolute atomic E-state index is 0.141. The van der Waals surface area contributed by atoms with Crippen molar-refractivity contribution >= 4 is 21.8 Å². The molecular weight excluding hydrogens is 368 g/mol. The lowest BCUT2D eigenvalue weighted by molar-refractivity contribution is 0.0909. The van der Waals surface area contributed by atoms with Crippen molar-refractivity contribution in [3.8, 4) is 5.69 Å². The zero-order valence-corrected chi connectivity index (χ0v) is 15.7. The van der Waals surface area contributed by atoms with Gasteiger partial charge in [0.2, 0.25) is 0 Å². The van der Waals surface area contributed by atoms with Crippen LogP contribution in [0.5, 0.6) is 0 Å². The largest absolute Gasteiger partial charge is 0.344 e. The van der Waals surface area contributed by atoms with E-state index in [1.165, 1.54) is 0 Å². The lowest BCUT2D eigenvalue weighted by Crippen LogP contribution is -2.49. The van der Waals surface area contributed by atoms with Crippen molar-refractivity contribution in [2.45, 2.75) is 45.1 Å². The molecule has 1 amide bonds. The summed E-state index contributed by atoms with van der Waals surface area (Å²) in [6.07, 6.45) is 4.07. The SMILES string of the molecule is CC(C)(CN)NC(=O)c1nn(-c2cccc(Br)c2)c2c1CCCC2. The van der Waals surface area contributed by atoms with Crippen LogP contribution >= 0.6 is 15.9 Å². The molecule has 0 spiro atoms. The summed E-state index contributed by atoms with van der Waals surface area (Å²) in [5.41, 5.74) is 9.02. The molecule has 1 heterocycles. The van der Waals surface area contributed by atoms with Gasteiger partial charge in [-0.15, -0.1) is 0 Å². The van der Waals surface area contributed by atoms with E-state index in [-0.39, 0.29) is 5.91 Å². The number of rotatable bonds is 4. The van der Waals surface area contributed by atoms with E-state index in [9.17, 15) is 4.79 Å². The zero-order chi connectivity index (χ0) is 17.3. The van der Waals surface area contributed by atoms with Crippen molar-refractivity contribution in [2.24, 2.45) is 5.73 Å². The van der Waals surface area contributed by atoms with E-state index in [0.717, 1.165) is 47.1 Å². The summed E-state index contributed by atoms with van der Waals surface area (Å²) in [5.74, 6) is -0.141. The molecule has 1 aromatic heterocycles. The van der Waals surface area contributed by atoms with Crippen LogP contribution in [0.15, 0.2) is 28.7 Å². The quantitative estimate of drug-likeness (QED) is 0.842. The van der Waals surface area contributed by atoms with Crippen molar-refractivity contribution in [3.63, 3.8) is 0 Å². The third kappa shape index (κ3) is 3.39. The van der Waals surface area contributed by atoms with Gasteiger partial charge in [-0.1, -0.05) is 22.0 Å². The van der Waals surface area contributed by atoms with E-state index >= 15 is 0 Å². The van der Waals surface area contributed by atoms with E-state index in [1.54, 1.807) is 0 Å². The van der Waals surface area contributed by atoms with Crippen molar-refractivity contribution in [1.29, 1.82) is 0 Å². The molecule has 1 aromatic carbocycles. The Hall–Kier alpha value is -1.66. The van der Waals surface area contributed by atoms with Crippen LogP contribution in [0, 0.1) is 0 Å². The molecule has 0 atom stereocenters. The highest BCUT2D eigenvalue weighted by atomic mass is 79.9. The number of nitrogens with one attached hydrogen (secondary N) is 1. The monoisotopic (exact) mass is 390 g/mol. The molecule has 3 N–H and O–H groups in total. The summed E-state index contributed by atoms with van der Waals surface area (Å²) in [4.78, 5) is 12.8. The van der Waals surface area contributed by atoms with Gasteiger partial charge < -0.3 is 11.1 Å². The third-order valence-electron chi connectivity index (χ3n) is 4.41. The summed E-state index contributed by atoms with van der Waals surface area (Å²) >= 11 is 3.51. The maximum Gasteiger partial charge on any atom is 0.272 e. The van der Waals surface area contributed by atoms with Crippen LogP contribution in [0.25, 0.3) is 5.69 Å². The molecule has 0 radical (unpaired) electrons. The van der Waals surface area contributed by atoms with Crippen LogP contribution in [-0.4, -0.2) is 27.8 Å². The molecule has 0 unspecified atom stereocenters. The molecule has 0 bridgehead atoms. The number of hydrogen-bond acceptors (Lipinski definition) is 3. The predicted molar refractivity (Wildman–Crippen MR) is 98.5 cm³/mol. The summed E-state index contributed by atoms with van der Waals surface area (Å²) in [7, 11) is 0. The fourth-order valence-corrected chi connectivity index (χ4v) is 3.41. The Morgan fingerprint density at radius 2 is 2.12 bits per heavy atom. The van der Waals surface area contributed by atoms with Crippen LogP contribution in [0.4, 0.5) is 0 Å². The summed E-state index contributed by atoms with van der Waals surface area (Å²) in [6.45, 7) is 4.22. The minimum atomic E-state index is -0.446. The first kappa shape index (κ1) is 17.2. The van der Waals surface area contributed by atoms with Gasteiger partial charge in [-0.2, -0.15) is 5.10 Å². The molecule has 3 rings (SSSR count). The number of carbonyl (C=O) groups excluding carboxylic acids is 1. The summed E-state index contributed by atoms with van der Waals surface area (Å²) < 4.78 is 2.92. The van der Waals surface area contributed by atoms with Gasteiger partial charge in [0.15, 0.2) is 5.69 Å². The maximum absolute atomic E-state index is 12.8. The number of nitrogens with zero attached hydrogens (tertiary/aromatic N) is 2. The van der Waals surface area contributed by atoms with Gasteiger partial charge in [0.1, 0.15) is 0 Å². The van der Waals surface area contributed by atoms with Gasteiger partial charge in [0.25, 0.3) is 5.91 Å². The van der Waals surface area contributed by atoms with Crippen LogP contribution in [0.2, 0.25) is 0 Å². The van der Waals surface area contributed by atoms with E-state index in [2.05, 4.69) is 26.3 Å². The second-order valence-electron chi connectivity index (χ2n) is 6.91. The molecule has 0 saturated carbocycles. The highest BCUT2D eigenvalue weighted by Gasteiger charge is 2.28. The van der Waals surface area contributed by atoms with Crippen molar-refractivity contribution in [3.05, 3.63) is 45.7 Å². The van der Waals surface area contributed by atoms with Gasteiger partial charge in [-0.05, 0) is 57.7 Å². The number of fused-ring (bicyclic) bond motifs is 1. The number of halogens is 1. The highest BCUT2D eigenvalue weighted by Crippen LogP contribution is 2.28. The Morgan fingerprint density at radius 1 is 1.38 bits per heavy atom. The topological polar surface area (TPSA) is 72.9 Å². The Morgan fingerprint density at radius 3 is 2.83 bits per heavy atom. The Kier molecular flexibility index (Phi) is 4.78. The van der Waals surface area contributed by atoms with Crippen molar-refractivity contribution in [2.75, 3.05) is 6.54 Å². The van der Waals surface area contributed by atoms with E-state index in [4.69, 9.17) is 5.73 Å². The Bertz CT molecular complexity index is 766. The fourth-order valence-electron chi connectivity index (χ4n) is 3.02. The molecule has 5 nitrogen and oxygen atoms in total. The number of amides is 1. The van der Waals surface area contributed by atoms with Gasteiger partial charge in [0, 0.05) is 27.8 Å². The number of hydrogen-bond donors (Lipinski definition) is 2. The minimum Gasteiger partial charge on any atom is -0.344 e. The molecule has 6 heteroatoms. The van der Waals surface area contributed by atoms with Crippen molar-refractivity contribution < 1.29 is 4.79 Å². The van der Waals surface area contributed by atoms with E-state index < -0.39 is 5.54 Å². The molecular formula is C18H23BrN4O. The predicted octanol–water partition coefficient (Wildman–Crippen LogP) is 2.98. The van der Waals surface area contributed by atoms with Gasteiger partial charge in [-0.3, -0.25) is 4.79 Å². The summed E-state index contributed by atoms with van der Waals surface area (Å²) in [6, 6.07) is 8.00. The second-order valence-corrected chi connectivity index (χ2v) is 7.83. The zero-order valence-electron chi connectivity index (χ0n) is 14.1. The first-order chi connectivity index (χ1) is 11.4. The molecule has 0 saturated heterocycles. The number of carbonyl (C=O) groups is 1. The van der Waals surface area contributed by atoms with Crippen molar-refractivity contribution in [1.82, 2.24) is 15.1 Å². The van der Waals surface area contributed by atoms with Crippen LogP contribution in [-0.2, 0) is 12.8 Å². The van der Waals surface area contributed by atoms with Gasteiger partial charge in [-0.25, -0.2) is 4.68 Å². The lowest BCUT2D eigenvalue weighted by Gasteiger charge is -2.24. The number of benzene rings is 1. The molecule has 2 aromatic rings. The normalized spacial score (nSPS) is 14.3. The maximum atomic E-state index is 12.8. The molecule has 0 aliphatic heterocycles. The molecule has 1 aliphatic rings. The average molecular weight is 391 g/mol. The molecule has 0 fully saturated rings. The smallest absolute Gasteiger partial charge is 0.272 e. The molecule has 128 valence electrons. The van der Waals surface area contributed by atoms with Crippen LogP contribution in [0.3, 0.4) is 0 Å². The highest BCUT2D eigenvalue weighted by molar-refractivity contribution is 9.10. The number of nitrogens with two attached hydrogens (primary N) is 1.